The molecule has 20 heavy (non-hydrogen) atoms. The molecule has 1 amide bonds. The van der Waals surface area contributed by atoms with Gasteiger partial charge < -0.3 is 15.0 Å². The number of aromatic amines is 1. The number of nitrogens with zero attached hydrogens (tertiary/aromatic N) is 2. The number of carbonyl (C=O) groups is 1. The molecular formula is C14H19N3O3. The number of hydrogen-bond acceptors (Lipinski definition) is 3. The highest BCUT2D eigenvalue weighted by atomic mass is 16.3. The van der Waals surface area contributed by atoms with E-state index in [2.05, 4.69) is 4.98 Å². The summed E-state index contributed by atoms with van der Waals surface area (Å²) in [5, 5.41) is 9.72. The van der Waals surface area contributed by atoms with Gasteiger partial charge in [0.2, 0.25) is 5.91 Å². The van der Waals surface area contributed by atoms with Crippen LogP contribution in [0, 0.1) is 0 Å². The number of hydrogen-bond donors (Lipinski definition) is 2. The third-order valence-electron chi connectivity index (χ3n) is 3.02. The fourth-order valence-corrected chi connectivity index (χ4v) is 2.19. The van der Waals surface area contributed by atoms with Crippen LogP contribution in [0.2, 0.25) is 0 Å². The van der Waals surface area contributed by atoms with Gasteiger partial charge in [-0.2, -0.15) is 0 Å². The number of benzene rings is 1. The van der Waals surface area contributed by atoms with Crippen LogP contribution in [0.25, 0.3) is 11.0 Å². The van der Waals surface area contributed by atoms with Crippen LogP contribution in [-0.2, 0) is 11.3 Å². The van der Waals surface area contributed by atoms with Crippen molar-refractivity contribution in [3.8, 4) is 0 Å². The van der Waals surface area contributed by atoms with E-state index >= 15 is 0 Å². The molecule has 0 aliphatic heterocycles. The van der Waals surface area contributed by atoms with Crippen molar-refractivity contribution in [1.82, 2.24) is 14.5 Å². The van der Waals surface area contributed by atoms with Crippen molar-refractivity contribution in [2.45, 2.75) is 26.0 Å². The SMILES string of the molecule is CN(CC(C)(C)O)C(=O)Cn1c(=O)[nH]c2ccccc21. The fraction of sp³-hybridized carbons (Fsp3) is 0.429. The summed E-state index contributed by atoms with van der Waals surface area (Å²) < 4.78 is 1.40. The van der Waals surface area contributed by atoms with Crippen LogP contribution in [0.15, 0.2) is 29.1 Å². The molecule has 0 aliphatic carbocycles. The third kappa shape index (κ3) is 3.08. The zero-order valence-electron chi connectivity index (χ0n) is 11.9. The van der Waals surface area contributed by atoms with Crippen molar-refractivity contribution in [3.63, 3.8) is 0 Å². The fourth-order valence-electron chi connectivity index (χ4n) is 2.19. The first-order valence-corrected chi connectivity index (χ1v) is 6.42. The van der Waals surface area contributed by atoms with Crippen LogP contribution in [0.3, 0.4) is 0 Å². The normalized spacial score (nSPS) is 11.8. The molecule has 0 saturated carbocycles. The van der Waals surface area contributed by atoms with E-state index in [1.807, 2.05) is 12.1 Å². The molecule has 0 aliphatic rings. The molecule has 2 N–H and O–H groups in total. The molecule has 0 atom stereocenters. The Balaban J connectivity index is 2.22. The van der Waals surface area contributed by atoms with Crippen molar-refractivity contribution >= 4 is 16.9 Å². The molecule has 1 aromatic heterocycles. The third-order valence-corrected chi connectivity index (χ3v) is 3.02. The van der Waals surface area contributed by atoms with Crippen molar-refractivity contribution in [2.24, 2.45) is 0 Å². The Morgan fingerprint density at radius 3 is 2.70 bits per heavy atom. The second-order valence-corrected chi connectivity index (χ2v) is 5.60. The van der Waals surface area contributed by atoms with Gasteiger partial charge in [-0.05, 0) is 26.0 Å². The number of carbonyl (C=O) groups excluding carboxylic acids is 1. The smallest absolute Gasteiger partial charge is 0.326 e. The van der Waals surface area contributed by atoms with Crippen molar-refractivity contribution in [3.05, 3.63) is 34.7 Å². The molecule has 1 aromatic carbocycles. The number of para-hydroxylation sites is 2. The number of H-pyrrole nitrogens is 1. The maximum Gasteiger partial charge on any atom is 0.326 e. The predicted octanol–water partition coefficient (Wildman–Crippen LogP) is 0.559. The zero-order valence-corrected chi connectivity index (χ0v) is 11.9. The minimum atomic E-state index is -0.963. The lowest BCUT2D eigenvalue weighted by Crippen LogP contribution is -2.41. The van der Waals surface area contributed by atoms with Crippen LogP contribution < -0.4 is 5.69 Å². The molecule has 108 valence electrons. The van der Waals surface area contributed by atoms with E-state index in [4.69, 9.17) is 0 Å². The summed E-state index contributed by atoms with van der Waals surface area (Å²) in [6.07, 6.45) is 0. The van der Waals surface area contributed by atoms with Crippen molar-refractivity contribution < 1.29 is 9.90 Å². The average Bonchev–Trinajstić information content (AvgIpc) is 2.64. The first-order chi connectivity index (χ1) is 9.28. The lowest BCUT2D eigenvalue weighted by molar-refractivity contribution is -0.133. The monoisotopic (exact) mass is 277 g/mol. The van der Waals surface area contributed by atoms with Gasteiger partial charge in [-0.3, -0.25) is 9.36 Å². The maximum absolute atomic E-state index is 12.1. The van der Waals surface area contributed by atoms with E-state index in [1.54, 1.807) is 33.0 Å². The van der Waals surface area contributed by atoms with Gasteiger partial charge in [0.25, 0.3) is 0 Å². The quantitative estimate of drug-likeness (QED) is 0.857. The van der Waals surface area contributed by atoms with Gasteiger partial charge in [0.15, 0.2) is 0 Å². The molecule has 6 heteroatoms. The van der Waals surface area contributed by atoms with E-state index in [9.17, 15) is 14.7 Å². The summed E-state index contributed by atoms with van der Waals surface area (Å²) in [4.78, 5) is 28.1. The second-order valence-electron chi connectivity index (χ2n) is 5.60. The Labute approximate surface area is 116 Å². The van der Waals surface area contributed by atoms with E-state index in [0.717, 1.165) is 0 Å². The molecule has 0 radical (unpaired) electrons. The summed E-state index contributed by atoms with van der Waals surface area (Å²) in [6.45, 7) is 3.43. The Bertz CT molecular complexity index is 679. The highest BCUT2D eigenvalue weighted by molar-refractivity contribution is 5.80. The summed E-state index contributed by atoms with van der Waals surface area (Å²) >= 11 is 0. The molecular weight excluding hydrogens is 258 g/mol. The van der Waals surface area contributed by atoms with Crippen molar-refractivity contribution in [2.75, 3.05) is 13.6 Å². The number of fused-ring (bicyclic) bond motifs is 1. The number of likely N-dealkylation sites (N-methyl/N-ethyl adjacent to an activating group) is 1. The number of aromatic nitrogens is 2. The Morgan fingerprint density at radius 1 is 1.40 bits per heavy atom. The van der Waals surface area contributed by atoms with Crippen molar-refractivity contribution in [1.29, 1.82) is 0 Å². The van der Waals surface area contributed by atoms with Gasteiger partial charge in [0, 0.05) is 13.6 Å². The summed E-state index contributed by atoms with van der Waals surface area (Å²) in [7, 11) is 1.61. The van der Waals surface area contributed by atoms with Gasteiger partial charge in [0.1, 0.15) is 6.54 Å². The molecule has 1 heterocycles. The Morgan fingerprint density at radius 2 is 2.05 bits per heavy atom. The number of rotatable bonds is 4. The van der Waals surface area contributed by atoms with Crippen LogP contribution in [-0.4, -0.2) is 44.7 Å². The van der Waals surface area contributed by atoms with Gasteiger partial charge in [0.05, 0.1) is 16.6 Å². The van der Waals surface area contributed by atoms with E-state index in [0.29, 0.717) is 11.0 Å². The summed E-state index contributed by atoms with van der Waals surface area (Å²) in [5.74, 6) is -0.223. The van der Waals surface area contributed by atoms with Gasteiger partial charge in [-0.1, -0.05) is 12.1 Å². The van der Waals surface area contributed by atoms with Gasteiger partial charge in [-0.25, -0.2) is 4.79 Å². The number of aliphatic hydroxyl groups is 1. The average molecular weight is 277 g/mol. The highest BCUT2D eigenvalue weighted by Crippen LogP contribution is 2.10. The topological polar surface area (TPSA) is 78.3 Å². The minimum absolute atomic E-state index is 0.0462. The van der Waals surface area contributed by atoms with E-state index in [-0.39, 0.29) is 24.7 Å². The first kappa shape index (κ1) is 14.3. The molecule has 0 bridgehead atoms. The molecule has 6 nitrogen and oxygen atoms in total. The Kier molecular flexibility index (Phi) is 3.67. The van der Waals surface area contributed by atoms with E-state index in [1.165, 1.54) is 9.47 Å². The molecule has 2 aromatic rings. The van der Waals surface area contributed by atoms with Crippen LogP contribution >= 0.6 is 0 Å². The van der Waals surface area contributed by atoms with Crippen LogP contribution in [0.4, 0.5) is 0 Å². The maximum atomic E-state index is 12.1. The standard InChI is InChI=1S/C14H19N3O3/c1-14(2,20)9-16(3)12(18)8-17-11-7-5-4-6-10(11)15-13(17)19/h4-7,20H,8-9H2,1-3H3,(H,15,19). The first-order valence-electron chi connectivity index (χ1n) is 6.42. The molecule has 0 saturated heterocycles. The lowest BCUT2D eigenvalue weighted by atomic mass is 10.1. The number of nitrogens with one attached hydrogen (secondary N) is 1. The molecule has 0 fully saturated rings. The largest absolute Gasteiger partial charge is 0.389 e. The Hall–Kier alpha value is -2.08. The van der Waals surface area contributed by atoms with E-state index < -0.39 is 5.60 Å². The number of imidazole rings is 1. The summed E-state index contributed by atoms with van der Waals surface area (Å²) in [6, 6.07) is 7.22. The molecule has 0 spiro atoms. The zero-order chi connectivity index (χ0) is 14.9. The number of amides is 1. The molecule has 2 rings (SSSR count). The summed E-state index contributed by atoms with van der Waals surface area (Å²) in [5.41, 5.74) is 0.129. The second kappa shape index (κ2) is 5.13. The van der Waals surface area contributed by atoms with Gasteiger partial charge >= 0.3 is 5.69 Å². The predicted molar refractivity (Wildman–Crippen MR) is 76.5 cm³/mol. The highest BCUT2D eigenvalue weighted by Gasteiger charge is 2.20. The van der Waals surface area contributed by atoms with Crippen LogP contribution in [0.5, 0.6) is 0 Å². The molecule has 0 unspecified atom stereocenters. The van der Waals surface area contributed by atoms with Gasteiger partial charge in [-0.15, -0.1) is 0 Å². The minimum Gasteiger partial charge on any atom is -0.389 e. The lowest BCUT2D eigenvalue weighted by Gasteiger charge is -2.25. The van der Waals surface area contributed by atoms with Crippen LogP contribution in [0.1, 0.15) is 13.8 Å².